The highest BCUT2D eigenvalue weighted by atomic mass is 19.1. The molecule has 1 saturated carbocycles. The van der Waals surface area contributed by atoms with Crippen molar-refractivity contribution in [1.29, 1.82) is 5.26 Å². The topological polar surface area (TPSA) is 110 Å². The van der Waals surface area contributed by atoms with Gasteiger partial charge < -0.3 is 23.9 Å². The van der Waals surface area contributed by atoms with Gasteiger partial charge in [-0.15, -0.1) is 0 Å². The Labute approximate surface area is 253 Å². The first kappa shape index (κ1) is 27.1. The van der Waals surface area contributed by atoms with Crippen LogP contribution in [-0.2, 0) is 23.6 Å². The quantitative estimate of drug-likeness (QED) is 0.296. The molecule has 3 fully saturated rings. The molecule has 4 aromatic rings. The van der Waals surface area contributed by atoms with E-state index in [1.807, 2.05) is 18.2 Å². The molecular weight excluding hydrogens is 563 g/mol. The van der Waals surface area contributed by atoms with E-state index in [4.69, 9.17) is 24.5 Å². The van der Waals surface area contributed by atoms with Gasteiger partial charge in [-0.1, -0.05) is 12.1 Å². The second-order valence-corrected chi connectivity index (χ2v) is 12.4. The van der Waals surface area contributed by atoms with Crippen molar-refractivity contribution >= 4 is 17.0 Å². The number of nitrogens with zero attached hydrogens (tertiary/aromatic N) is 4. The summed E-state index contributed by atoms with van der Waals surface area (Å²) in [6, 6.07) is 17.7. The van der Waals surface area contributed by atoms with Crippen LogP contribution in [0.3, 0.4) is 0 Å². The number of carbonyl (C=O) groups is 1. The van der Waals surface area contributed by atoms with Crippen LogP contribution < -0.4 is 9.47 Å². The Hall–Kier alpha value is -4.46. The minimum absolute atomic E-state index is 0.116. The maximum Gasteiger partial charge on any atom is 0.335 e. The molecule has 2 saturated heterocycles. The zero-order valence-corrected chi connectivity index (χ0v) is 24.2. The normalized spacial score (nSPS) is 27.0. The number of piperidine rings is 1. The van der Waals surface area contributed by atoms with Crippen molar-refractivity contribution in [2.24, 2.45) is 5.92 Å². The third-order valence-corrected chi connectivity index (χ3v) is 9.71. The monoisotopic (exact) mass is 594 g/mol. The average molecular weight is 595 g/mol. The molecule has 0 bridgehead atoms. The summed E-state index contributed by atoms with van der Waals surface area (Å²) < 4.78 is 35.5. The lowest BCUT2D eigenvalue weighted by Gasteiger charge is -2.33. The van der Waals surface area contributed by atoms with Crippen molar-refractivity contribution in [3.05, 3.63) is 88.5 Å². The molecule has 0 radical (unpaired) electrons. The summed E-state index contributed by atoms with van der Waals surface area (Å²) in [6.45, 7) is 4.68. The maximum absolute atomic E-state index is 15.0. The number of rotatable bonds is 7. The number of aromatic carboxylic acids is 1. The number of nitriles is 1. The van der Waals surface area contributed by atoms with Crippen molar-refractivity contribution in [2.75, 3.05) is 13.2 Å². The van der Waals surface area contributed by atoms with Crippen LogP contribution in [-0.4, -0.2) is 50.8 Å². The van der Waals surface area contributed by atoms with Crippen LogP contribution in [0.25, 0.3) is 11.0 Å². The molecule has 1 aliphatic carbocycles. The minimum Gasteiger partial charge on any atom is -0.478 e. The highest BCUT2D eigenvalue weighted by Crippen LogP contribution is 2.57. The van der Waals surface area contributed by atoms with E-state index in [-0.39, 0.29) is 28.7 Å². The first-order valence-electron chi connectivity index (χ1n) is 15.1. The number of aromatic nitrogens is 2. The number of carboxylic acids is 1. The Morgan fingerprint density at radius 1 is 1.18 bits per heavy atom. The number of hydrogen-bond acceptors (Lipinski definition) is 7. The van der Waals surface area contributed by atoms with E-state index in [0.29, 0.717) is 36.5 Å². The number of benzene rings is 3. The average Bonchev–Trinajstić information content (AvgIpc) is 3.61. The third kappa shape index (κ3) is 4.42. The molecule has 0 amide bonds. The van der Waals surface area contributed by atoms with Crippen LogP contribution in [0.2, 0.25) is 0 Å². The number of fused-ring (bicyclic) bond motifs is 3. The zero-order chi connectivity index (χ0) is 30.2. The molecular formula is C34H31FN4O5. The van der Waals surface area contributed by atoms with Gasteiger partial charge in [-0.2, -0.15) is 5.26 Å². The number of halogens is 1. The van der Waals surface area contributed by atoms with Gasteiger partial charge in [-0.3, -0.25) is 4.90 Å². The van der Waals surface area contributed by atoms with Crippen molar-refractivity contribution in [3.63, 3.8) is 0 Å². The first-order valence-corrected chi connectivity index (χ1v) is 15.1. The smallest absolute Gasteiger partial charge is 0.335 e. The van der Waals surface area contributed by atoms with E-state index in [1.54, 1.807) is 37.3 Å². The van der Waals surface area contributed by atoms with Crippen LogP contribution in [0.4, 0.5) is 4.39 Å². The molecule has 8 rings (SSSR count). The van der Waals surface area contributed by atoms with Crippen molar-refractivity contribution < 1.29 is 28.5 Å². The van der Waals surface area contributed by atoms with Gasteiger partial charge in [0.2, 0.25) is 0 Å². The number of para-hydroxylation sites is 1. The Kier molecular flexibility index (Phi) is 6.19. The number of likely N-dealkylation sites (tertiary alicyclic amines) is 1. The van der Waals surface area contributed by atoms with E-state index >= 15 is 0 Å². The van der Waals surface area contributed by atoms with Gasteiger partial charge in [-0.05, 0) is 80.1 Å². The molecule has 3 aromatic carbocycles. The molecule has 0 spiro atoms. The Morgan fingerprint density at radius 2 is 2.05 bits per heavy atom. The van der Waals surface area contributed by atoms with Gasteiger partial charge in [0.1, 0.15) is 11.6 Å². The maximum atomic E-state index is 15.0. The van der Waals surface area contributed by atoms with E-state index in [0.717, 1.165) is 54.8 Å². The van der Waals surface area contributed by atoms with E-state index in [9.17, 15) is 14.3 Å². The third-order valence-electron chi connectivity index (χ3n) is 9.71. The molecule has 10 heteroatoms. The number of ether oxygens (including phenoxy) is 3. The zero-order valence-electron chi connectivity index (χ0n) is 24.2. The lowest BCUT2D eigenvalue weighted by molar-refractivity contribution is -0.0712. The molecule has 1 N–H and O–H groups in total. The molecule has 4 aliphatic rings. The fraction of sp³-hybridized carbons (Fsp3) is 0.382. The summed E-state index contributed by atoms with van der Waals surface area (Å²) in [7, 11) is 0. The fourth-order valence-electron chi connectivity index (χ4n) is 7.27. The summed E-state index contributed by atoms with van der Waals surface area (Å²) in [6.07, 6.45) is 3.09. The second-order valence-electron chi connectivity index (χ2n) is 12.4. The summed E-state index contributed by atoms with van der Waals surface area (Å²) in [5.74, 6) is 0.106. The van der Waals surface area contributed by atoms with Gasteiger partial charge in [0, 0.05) is 25.1 Å². The van der Waals surface area contributed by atoms with Crippen LogP contribution in [0, 0.1) is 23.1 Å². The van der Waals surface area contributed by atoms with Gasteiger partial charge in [0.05, 0.1) is 53.0 Å². The lowest BCUT2D eigenvalue weighted by Crippen LogP contribution is -2.36. The minimum atomic E-state index is -1.33. The van der Waals surface area contributed by atoms with E-state index in [1.165, 1.54) is 6.07 Å². The largest absolute Gasteiger partial charge is 0.478 e. The molecule has 3 aliphatic heterocycles. The van der Waals surface area contributed by atoms with Gasteiger partial charge in [0.25, 0.3) is 5.79 Å². The van der Waals surface area contributed by atoms with Gasteiger partial charge >= 0.3 is 5.97 Å². The van der Waals surface area contributed by atoms with Crippen LogP contribution in [0.5, 0.6) is 11.5 Å². The van der Waals surface area contributed by atoms with E-state index in [2.05, 4.69) is 15.5 Å². The summed E-state index contributed by atoms with van der Waals surface area (Å²) in [5.41, 5.74) is 3.46. The lowest BCUT2D eigenvalue weighted by atomic mass is 9.87. The number of imidazole rings is 1. The molecule has 4 heterocycles. The predicted octanol–water partition coefficient (Wildman–Crippen LogP) is 5.56. The molecule has 0 unspecified atom stereocenters. The highest BCUT2D eigenvalue weighted by Gasteiger charge is 2.52. The molecule has 9 nitrogen and oxygen atoms in total. The summed E-state index contributed by atoms with van der Waals surface area (Å²) in [4.78, 5) is 19.1. The van der Waals surface area contributed by atoms with Crippen molar-refractivity contribution in [3.8, 4) is 17.6 Å². The Balaban J connectivity index is 1.03. The molecule has 5 atom stereocenters. The van der Waals surface area contributed by atoms with Crippen LogP contribution in [0.1, 0.15) is 65.0 Å². The van der Waals surface area contributed by atoms with Crippen molar-refractivity contribution in [1.82, 2.24) is 14.5 Å². The standard InChI is InChI=1S/C34H31FN4O5/c1-34(25-7-5-19(16-36)13-26(25)35)43-30-4-2-3-23(32(30)44-34)22-9-11-38(28-15-24(22)28)18-31-37-27-8-6-20(33(40)41)14-29(27)39(31)17-21-10-12-42-21/h2-8,13-14,21-22,24,28H,9-12,15,17-18H2,1H3,(H,40,41)/t21-,22+,24-,28-,34-/m0/s1. The molecule has 1 aromatic heterocycles. The highest BCUT2D eigenvalue weighted by molar-refractivity contribution is 5.92. The van der Waals surface area contributed by atoms with Crippen molar-refractivity contribution in [2.45, 2.75) is 63.1 Å². The predicted molar refractivity (Wildman–Crippen MR) is 157 cm³/mol. The van der Waals surface area contributed by atoms with Crippen LogP contribution >= 0.6 is 0 Å². The number of hydrogen-bond donors (Lipinski definition) is 1. The van der Waals surface area contributed by atoms with Gasteiger partial charge in [-0.25, -0.2) is 14.2 Å². The first-order chi connectivity index (χ1) is 21.3. The summed E-state index contributed by atoms with van der Waals surface area (Å²) in [5, 5.41) is 18.7. The van der Waals surface area contributed by atoms with Crippen LogP contribution in [0.15, 0.2) is 54.6 Å². The number of carboxylic acid groups (broad SMARTS) is 1. The fourth-order valence-corrected chi connectivity index (χ4v) is 7.27. The Bertz CT molecular complexity index is 1860. The Morgan fingerprint density at radius 3 is 2.80 bits per heavy atom. The SMILES string of the molecule is C[C@]1(c2ccc(C#N)cc2F)Oc2cccc([C@H]3CCN(Cc4nc5ccc(C(=O)O)cc5n4C[C@@H]4CCO4)[C@H]4C[C@@H]34)c2O1. The second kappa shape index (κ2) is 10.0. The molecule has 44 heavy (non-hydrogen) atoms. The summed E-state index contributed by atoms with van der Waals surface area (Å²) >= 11 is 0. The van der Waals surface area contributed by atoms with E-state index < -0.39 is 17.6 Å². The molecule has 224 valence electrons. The van der Waals surface area contributed by atoms with Gasteiger partial charge in [0.15, 0.2) is 11.5 Å².